The van der Waals surface area contributed by atoms with Gasteiger partial charge < -0.3 is 9.64 Å². The molecule has 1 aromatic rings. The standard InChI is InChI=1S/C20H33NO2S/c1-6-7-17-15(2)16(3)24-18(17)8-9-20(4,5)14-19(22)21-10-12-23-13-11-21/h6-14H2,1-5H3. The third-order valence-corrected chi connectivity index (χ3v) is 6.43. The molecule has 24 heavy (non-hydrogen) atoms. The normalized spacial score (nSPS) is 15.8. The summed E-state index contributed by atoms with van der Waals surface area (Å²) in [5, 5.41) is 0. The fourth-order valence-corrected chi connectivity index (χ4v) is 4.63. The van der Waals surface area contributed by atoms with Crippen LogP contribution >= 0.6 is 11.3 Å². The van der Waals surface area contributed by atoms with Crippen LogP contribution in [0.2, 0.25) is 0 Å². The SMILES string of the molecule is CCCc1c(CCC(C)(C)CC(=O)N2CCOCC2)sc(C)c1C. The second kappa shape index (κ2) is 8.48. The van der Waals surface area contributed by atoms with Crippen molar-refractivity contribution in [1.29, 1.82) is 0 Å². The first-order valence-corrected chi connectivity index (χ1v) is 10.1. The summed E-state index contributed by atoms with van der Waals surface area (Å²) in [7, 11) is 0. The minimum Gasteiger partial charge on any atom is -0.378 e. The highest BCUT2D eigenvalue weighted by molar-refractivity contribution is 7.12. The van der Waals surface area contributed by atoms with Crippen LogP contribution in [0.15, 0.2) is 0 Å². The molecule has 2 heterocycles. The summed E-state index contributed by atoms with van der Waals surface area (Å²) in [5.74, 6) is 0.288. The zero-order chi connectivity index (χ0) is 17.7. The molecule has 0 N–H and O–H groups in total. The molecule has 4 heteroatoms. The maximum atomic E-state index is 12.5. The molecule has 0 aliphatic carbocycles. The van der Waals surface area contributed by atoms with Crippen molar-refractivity contribution < 1.29 is 9.53 Å². The molecule has 1 amide bonds. The lowest BCUT2D eigenvalue weighted by Crippen LogP contribution is -2.42. The Labute approximate surface area is 151 Å². The minimum absolute atomic E-state index is 0.0463. The van der Waals surface area contributed by atoms with Crippen molar-refractivity contribution in [3.8, 4) is 0 Å². The average molecular weight is 352 g/mol. The summed E-state index contributed by atoms with van der Waals surface area (Å²) in [6.07, 6.45) is 5.18. The number of morpholine rings is 1. The van der Waals surface area contributed by atoms with Gasteiger partial charge in [-0.25, -0.2) is 0 Å². The van der Waals surface area contributed by atoms with Crippen LogP contribution in [0.1, 0.15) is 60.9 Å². The number of rotatable bonds is 7. The molecule has 2 rings (SSSR count). The summed E-state index contributed by atoms with van der Waals surface area (Å²) >= 11 is 1.96. The van der Waals surface area contributed by atoms with E-state index >= 15 is 0 Å². The third-order valence-electron chi connectivity index (χ3n) is 5.12. The van der Waals surface area contributed by atoms with Crippen LogP contribution in [0.3, 0.4) is 0 Å². The number of nitrogens with zero attached hydrogens (tertiary/aromatic N) is 1. The lowest BCUT2D eigenvalue weighted by Gasteiger charge is -2.31. The number of carbonyl (C=O) groups excluding carboxylic acids is 1. The van der Waals surface area contributed by atoms with Gasteiger partial charge in [-0.15, -0.1) is 11.3 Å². The number of thiophene rings is 1. The predicted molar refractivity (Wildman–Crippen MR) is 102 cm³/mol. The number of ether oxygens (including phenoxy) is 1. The van der Waals surface area contributed by atoms with Crippen molar-refractivity contribution in [3.63, 3.8) is 0 Å². The minimum atomic E-state index is 0.0463. The van der Waals surface area contributed by atoms with Gasteiger partial charge in [0.05, 0.1) is 13.2 Å². The van der Waals surface area contributed by atoms with Crippen molar-refractivity contribution in [2.45, 2.75) is 66.7 Å². The molecule has 3 nitrogen and oxygen atoms in total. The molecule has 0 saturated carbocycles. The summed E-state index contributed by atoms with van der Waals surface area (Å²) < 4.78 is 5.34. The fraction of sp³-hybridized carbons (Fsp3) is 0.750. The molecule has 0 radical (unpaired) electrons. The zero-order valence-corrected chi connectivity index (χ0v) is 16.9. The van der Waals surface area contributed by atoms with Gasteiger partial charge in [0.1, 0.15) is 0 Å². The van der Waals surface area contributed by atoms with E-state index in [9.17, 15) is 4.79 Å². The molecule has 0 bridgehead atoms. The smallest absolute Gasteiger partial charge is 0.223 e. The largest absolute Gasteiger partial charge is 0.378 e. The quantitative estimate of drug-likeness (QED) is 0.722. The van der Waals surface area contributed by atoms with Crippen LogP contribution in [-0.2, 0) is 22.4 Å². The highest BCUT2D eigenvalue weighted by Gasteiger charge is 2.27. The van der Waals surface area contributed by atoms with Crippen molar-refractivity contribution in [1.82, 2.24) is 4.90 Å². The maximum Gasteiger partial charge on any atom is 0.223 e. The first kappa shape index (κ1) is 19.5. The molecule has 1 aliphatic heterocycles. The Morgan fingerprint density at radius 1 is 1.21 bits per heavy atom. The average Bonchev–Trinajstić information content (AvgIpc) is 2.82. The summed E-state index contributed by atoms with van der Waals surface area (Å²) in [5.41, 5.74) is 3.10. The van der Waals surface area contributed by atoms with E-state index in [1.165, 1.54) is 23.3 Å². The third kappa shape index (κ3) is 5.06. The van der Waals surface area contributed by atoms with Gasteiger partial charge in [-0.2, -0.15) is 0 Å². The van der Waals surface area contributed by atoms with Gasteiger partial charge in [0, 0.05) is 29.3 Å². The predicted octanol–water partition coefficient (Wildman–Crippen LogP) is 4.53. The second-order valence-corrected chi connectivity index (χ2v) is 9.08. The van der Waals surface area contributed by atoms with E-state index in [0.29, 0.717) is 19.6 Å². The highest BCUT2D eigenvalue weighted by atomic mass is 32.1. The zero-order valence-electron chi connectivity index (χ0n) is 16.0. The Balaban J connectivity index is 1.94. The van der Waals surface area contributed by atoms with Crippen molar-refractivity contribution in [3.05, 3.63) is 20.9 Å². The van der Waals surface area contributed by atoms with Crippen molar-refractivity contribution in [2.24, 2.45) is 5.41 Å². The molecule has 136 valence electrons. The molecule has 1 fully saturated rings. The number of amides is 1. The van der Waals surface area contributed by atoms with Gasteiger partial charge in [0.25, 0.3) is 0 Å². The monoisotopic (exact) mass is 351 g/mol. The molecule has 0 unspecified atom stereocenters. The van der Waals surface area contributed by atoms with E-state index in [-0.39, 0.29) is 11.3 Å². The Morgan fingerprint density at radius 3 is 2.50 bits per heavy atom. The van der Waals surface area contributed by atoms with Gasteiger partial charge in [-0.1, -0.05) is 27.2 Å². The van der Waals surface area contributed by atoms with E-state index in [4.69, 9.17) is 4.74 Å². The molecule has 1 aliphatic rings. The van der Waals surface area contributed by atoms with E-state index < -0.39 is 0 Å². The van der Waals surface area contributed by atoms with Crippen LogP contribution in [0.4, 0.5) is 0 Å². The van der Waals surface area contributed by atoms with E-state index in [1.807, 2.05) is 16.2 Å². The lowest BCUT2D eigenvalue weighted by atomic mass is 9.83. The Bertz CT molecular complexity index is 556. The fourth-order valence-electron chi connectivity index (χ4n) is 3.40. The number of aryl methyl sites for hydroxylation is 2. The summed E-state index contributed by atoms with van der Waals surface area (Å²) in [6, 6.07) is 0. The van der Waals surface area contributed by atoms with Gasteiger partial charge in [-0.3, -0.25) is 4.79 Å². The van der Waals surface area contributed by atoms with Crippen LogP contribution in [0.5, 0.6) is 0 Å². The van der Waals surface area contributed by atoms with Crippen LogP contribution in [-0.4, -0.2) is 37.1 Å². The van der Waals surface area contributed by atoms with Gasteiger partial charge >= 0.3 is 0 Å². The Kier molecular flexibility index (Phi) is 6.88. The summed E-state index contributed by atoms with van der Waals surface area (Å²) in [4.78, 5) is 17.5. The van der Waals surface area contributed by atoms with E-state index in [2.05, 4.69) is 34.6 Å². The molecular weight excluding hydrogens is 318 g/mol. The van der Waals surface area contributed by atoms with E-state index in [0.717, 1.165) is 25.9 Å². The first-order valence-electron chi connectivity index (χ1n) is 9.27. The van der Waals surface area contributed by atoms with E-state index in [1.54, 1.807) is 10.4 Å². The van der Waals surface area contributed by atoms with Crippen LogP contribution in [0.25, 0.3) is 0 Å². The molecule has 1 aromatic heterocycles. The maximum absolute atomic E-state index is 12.5. The van der Waals surface area contributed by atoms with Gasteiger partial charge in [0.2, 0.25) is 5.91 Å². The Hall–Kier alpha value is -0.870. The number of hydrogen-bond acceptors (Lipinski definition) is 3. The van der Waals surface area contributed by atoms with Crippen molar-refractivity contribution >= 4 is 17.2 Å². The molecular formula is C20H33NO2S. The highest BCUT2D eigenvalue weighted by Crippen LogP contribution is 2.34. The second-order valence-electron chi connectivity index (χ2n) is 7.77. The molecule has 0 atom stereocenters. The lowest BCUT2D eigenvalue weighted by molar-refractivity contribution is -0.137. The summed E-state index contributed by atoms with van der Waals surface area (Å²) in [6.45, 7) is 14.1. The number of hydrogen-bond donors (Lipinski definition) is 0. The van der Waals surface area contributed by atoms with Crippen LogP contribution in [0, 0.1) is 19.3 Å². The molecule has 0 aromatic carbocycles. The number of carbonyl (C=O) groups is 1. The molecule has 0 spiro atoms. The molecule has 1 saturated heterocycles. The van der Waals surface area contributed by atoms with Gasteiger partial charge in [-0.05, 0) is 49.7 Å². The Morgan fingerprint density at radius 2 is 1.88 bits per heavy atom. The first-order chi connectivity index (χ1) is 11.3. The van der Waals surface area contributed by atoms with Crippen LogP contribution < -0.4 is 0 Å². The van der Waals surface area contributed by atoms with Gasteiger partial charge in [0.15, 0.2) is 0 Å². The van der Waals surface area contributed by atoms with Crippen molar-refractivity contribution in [2.75, 3.05) is 26.3 Å². The topological polar surface area (TPSA) is 29.5 Å².